The molecule has 0 bridgehead atoms. The summed E-state index contributed by atoms with van der Waals surface area (Å²) in [6.07, 6.45) is -0.0171. The second kappa shape index (κ2) is 6.35. The van der Waals surface area contributed by atoms with E-state index in [1.807, 2.05) is 27.7 Å². The lowest BCUT2D eigenvalue weighted by Gasteiger charge is -2.24. The minimum absolute atomic E-state index is 0.0171. The number of rotatable bonds is 5. The first kappa shape index (κ1) is 14.7. The van der Waals surface area contributed by atoms with Crippen LogP contribution in [0.15, 0.2) is 0 Å². The molecule has 0 rings (SSSR count). The molecule has 0 aromatic carbocycles. The van der Waals surface area contributed by atoms with Crippen molar-refractivity contribution in [2.45, 2.75) is 34.1 Å². The molecular formula is C11H22N2O3. The highest BCUT2D eigenvalue weighted by Gasteiger charge is 2.16. The molecule has 0 saturated carbocycles. The number of carboxylic acid groups (broad SMARTS) is 1. The molecule has 0 atom stereocenters. The number of carboxylic acids is 1. The largest absolute Gasteiger partial charge is 0.481 e. The molecule has 0 fully saturated rings. The van der Waals surface area contributed by atoms with Gasteiger partial charge in [-0.3, -0.25) is 4.79 Å². The average Bonchev–Trinajstić information content (AvgIpc) is 2.14. The zero-order chi connectivity index (χ0) is 12.8. The number of carbonyl (C=O) groups is 2. The van der Waals surface area contributed by atoms with Gasteiger partial charge in [-0.2, -0.15) is 0 Å². The van der Waals surface area contributed by atoms with Crippen LogP contribution in [-0.4, -0.2) is 41.6 Å². The van der Waals surface area contributed by atoms with Crippen LogP contribution in [0.2, 0.25) is 0 Å². The first-order valence-electron chi connectivity index (χ1n) is 5.51. The van der Waals surface area contributed by atoms with E-state index in [-0.39, 0.29) is 24.4 Å². The third-order valence-electron chi connectivity index (χ3n) is 2.03. The standard InChI is InChI=1S/C11H22N2O3/c1-5-13(7-6-9(14)15)10(16)12-8-11(2,3)4/h5-8H2,1-4H3,(H,12,16)(H,14,15). The molecule has 94 valence electrons. The van der Waals surface area contributed by atoms with Crippen LogP contribution in [0.3, 0.4) is 0 Å². The van der Waals surface area contributed by atoms with Crippen molar-refractivity contribution in [3.8, 4) is 0 Å². The van der Waals surface area contributed by atoms with Crippen molar-refractivity contribution >= 4 is 12.0 Å². The summed E-state index contributed by atoms with van der Waals surface area (Å²) in [5.41, 5.74) is 0.0296. The first-order chi connectivity index (χ1) is 7.26. The Balaban J connectivity index is 4.06. The van der Waals surface area contributed by atoms with E-state index in [9.17, 15) is 9.59 Å². The van der Waals surface area contributed by atoms with Crippen LogP contribution < -0.4 is 5.32 Å². The maximum absolute atomic E-state index is 11.7. The smallest absolute Gasteiger partial charge is 0.317 e. The molecule has 2 amide bonds. The van der Waals surface area contributed by atoms with Gasteiger partial charge in [0.05, 0.1) is 6.42 Å². The number of aliphatic carboxylic acids is 1. The van der Waals surface area contributed by atoms with E-state index in [1.165, 1.54) is 4.90 Å². The van der Waals surface area contributed by atoms with Crippen LogP contribution in [0.1, 0.15) is 34.1 Å². The van der Waals surface area contributed by atoms with Crippen LogP contribution in [-0.2, 0) is 4.79 Å². The fourth-order valence-corrected chi connectivity index (χ4v) is 1.09. The Morgan fingerprint density at radius 3 is 2.25 bits per heavy atom. The molecule has 5 heteroatoms. The van der Waals surface area contributed by atoms with Crippen LogP contribution in [0, 0.1) is 5.41 Å². The summed E-state index contributed by atoms with van der Waals surface area (Å²) in [6.45, 7) is 9.27. The molecule has 0 aromatic rings. The van der Waals surface area contributed by atoms with E-state index in [1.54, 1.807) is 0 Å². The number of hydrogen-bond acceptors (Lipinski definition) is 2. The molecule has 0 aromatic heterocycles. The van der Waals surface area contributed by atoms with Gasteiger partial charge in [-0.15, -0.1) is 0 Å². The molecule has 0 radical (unpaired) electrons. The number of urea groups is 1. The van der Waals surface area contributed by atoms with E-state index in [0.29, 0.717) is 13.1 Å². The van der Waals surface area contributed by atoms with Gasteiger partial charge in [0.1, 0.15) is 0 Å². The Hall–Kier alpha value is -1.26. The molecule has 5 nitrogen and oxygen atoms in total. The molecule has 0 aliphatic carbocycles. The van der Waals surface area contributed by atoms with Gasteiger partial charge < -0.3 is 15.3 Å². The molecule has 0 saturated heterocycles. The zero-order valence-electron chi connectivity index (χ0n) is 10.5. The maximum Gasteiger partial charge on any atom is 0.317 e. The molecule has 0 heterocycles. The fourth-order valence-electron chi connectivity index (χ4n) is 1.09. The van der Waals surface area contributed by atoms with Gasteiger partial charge in [-0.1, -0.05) is 20.8 Å². The Bertz CT molecular complexity index is 246. The van der Waals surface area contributed by atoms with E-state index >= 15 is 0 Å². The van der Waals surface area contributed by atoms with Crippen molar-refractivity contribution in [3.63, 3.8) is 0 Å². The number of nitrogens with zero attached hydrogens (tertiary/aromatic N) is 1. The Kier molecular flexibility index (Phi) is 5.85. The van der Waals surface area contributed by atoms with Gasteiger partial charge in [-0.25, -0.2) is 4.79 Å². The van der Waals surface area contributed by atoms with Crippen LogP contribution in [0.4, 0.5) is 4.79 Å². The fraction of sp³-hybridized carbons (Fsp3) is 0.818. The number of amides is 2. The van der Waals surface area contributed by atoms with Crippen LogP contribution in [0.5, 0.6) is 0 Å². The first-order valence-corrected chi connectivity index (χ1v) is 5.51. The average molecular weight is 230 g/mol. The quantitative estimate of drug-likeness (QED) is 0.752. The number of nitrogens with one attached hydrogen (secondary N) is 1. The number of carbonyl (C=O) groups excluding carboxylic acids is 1. The Morgan fingerprint density at radius 2 is 1.88 bits per heavy atom. The van der Waals surface area contributed by atoms with E-state index < -0.39 is 5.97 Å². The second-order valence-electron chi connectivity index (χ2n) is 4.94. The summed E-state index contributed by atoms with van der Waals surface area (Å²) in [4.78, 5) is 23.6. The topological polar surface area (TPSA) is 69.6 Å². The normalized spacial score (nSPS) is 11.0. The summed E-state index contributed by atoms with van der Waals surface area (Å²) in [7, 11) is 0. The second-order valence-corrected chi connectivity index (χ2v) is 4.94. The van der Waals surface area contributed by atoms with Gasteiger partial charge in [0, 0.05) is 19.6 Å². The third-order valence-corrected chi connectivity index (χ3v) is 2.03. The molecular weight excluding hydrogens is 208 g/mol. The molecule has 0 aliphatic rings. The monoisotopic (exact) mass is 230 g/mol. The van der Waals surface area contributed by atoms with Gasteiger partial charge in [0.2, 0.25) is 0 Å². The minimum atomic E-state index is -0.887. The van der Waals surface area contributed by atoms with Crippen LogP contribution in [0.25, 0.3) is 0 Å². The predicted molar refractivity (Wildman–Crippen MR) is 62.4 cm³/mol. The summed E-state index contributed by atoms with van der Waals surface area (Å²) < 4.78 is 0. The summed E-state index contributed by atoms with van der Waals surface area (Å²) in [5, 5.41) is 11.3. The maximum atomic E-state index is 11.7. The predicted octanol–water partition coefficient (Wildman–Crippen LogP) is 1.54. The highest BCUT2D eigenvalue weighted by molar-refractivity contribution is 5.75. The molecule has 2 N–H and O–H groups in total. The van der Waals surface area contributed by atoms with Crippen molar-refractivity contribution in [1.82, 2.24) is 10.2 Å². The Labute approximate surface area is 96.8 Å². The molecule has 0 spiro atoms. The minimum Gasteiger partial charge on any atom is -0.481 e. The van der Waals surface area contributed by atoms with Crippen molar-refractivity contribution in [2.75, 3.05) is 19.6 Å². The van der Waals surface area contributed by atoms with E-state index in [2.05, 4.69) is 5.32 Å². The molecule has 0 aliphatic heterocycles. The van der Waals surface area contributed by atoms with Gasteiger partial charge >= 0.3 is 12.0 Å². The lowest BCUT2D eigenvalue weighted by molar-refractivity contribution is -0.137. The van der Waals surface area contributed by atoms with Crippen molar-refractivity contribution in [3.05, 3.63) is 0 Å². The van der Waals surface area contributed by atoms with Crippen LogP contribution >= 0.6 is 0 Å². The number of hydrogen-bond donors (Lipinski definition) is 2. The Morgan fingerprint density at radius 1 is 1.31 bits per heavy atom. The lowest BCUT2D eigenvalue weighted by atomic mass is 9.97. The van der Waals surface area contributed by atoms with E-state index in [0.717, 1.165) is 0 Å². The van der Waals surface area contributed by atoms with Crippen molar-refractivity contribution in [1.29, 1.82) is 0 Å². The summed E-state index contributed by atoms with van der Waals surface area (Å²) >= 11 is 0. The van der Waals surface area contributed by atoms with Crippen molar-refractivity contribution in [2.24, 2.45) is 5.41 Å². The zero-order valence-corrected chi connectivity index (χ0v) is 10.5. The molecule has 16 heavy (non-hydrogen) atoms. The third kappa shape index (κ3) is 7.09. The van der Waals surface area contributed by atoms with Gasteiger partial charge in [-0.05, 0) is 12.3 Å². The highest BCUT2D eigenvalue weighted by atomic mass is 16.4. The lowest BCUT2D eigenvalue weighted by Crippen LogP contribution is -2.43. The van der Waals surface area contributed by atoms with Crippen molar-refractivity contribution < 1.29 is 14.7 Å². The highest BCUT2D eigenvalue weighted by Crippen LogP contribution is 2.10. The molecule has 0 unspecified atom stereocenters. The van der Waals surface area contributed by atoms with Gasteiger partial charge in [0.25, 0.3) is 0 Å². The SMILES string of the molecule is CCN(CCC(=O)O)C(=O)NCC(C)(C)C. The summed E-state index contributed by atoms with van der Waals surface area (Å²) in [6, 6.07) is -0.196. The summed E-state index contributed by atoms with van der Waals surface area (Å²) in [5.74, 6) is -0.887. The van der Waals surface area contributed by atoms with E-state index in [4.69, 9.17) is 5.11 Å². The van der Waals surface area contributed by atoms with Gasteiger partial charge in [0.15, 0.2) is 0 Å².